The number of amides is 1. The van der Waals surface area contributed by atoms with Crippen LogP contribution in [0.1, 0.15) is 73.1 Å². The Balaban J connectivity index is 1.62. The minimum Gasteiger partial charge on any atom is -0.444 e. The number of hydrogen-bond donors (Lipinski definition) is 3. The van der Waals surface area contributed by atoms with E-state index in [-0.39, 0.29) is 12.1 Å². The molecule has 23 heavy (non-hydrogen) atoms. The third-order valence-electron chi connectivity index (χ3n) is 5.11. The molecule has 2 aliphatic carbocycles. The smallest absolute Gasteiger partial charge is 0.407 e. The summed E-state index contributed by atoms with van der Waals surface area (Å²) in [6, 6.07) is 0.566. The molecule has 0 spiro atoms. The van der Waals surface area contributed by atoms with Crippen LogP contribution in [0.4, 0.5) is 4.79 Å². The largest absolute Gasteiger partial charge is 0.444 e. The lowest BCUT2D eigenvalue weighted by Gasteiger charge is -2.43. The van der Waals surface area contributed by atoms with E-state index in [1.807, 2.05) is 20.8 Å². The van der Waals surface area contributed by atoms with Gasteiger partial charge < -0.3 is 20.5 Å². The third kappa shape index (κ3) is 5.96. The summed E-state index contributed by atoms with van der Waals surface area (Å²) in [5.41, 5.74) is -0.645. The van der Waals surface area contributed by atoms with Crippen LogP contribution in [0.2, 0.25) is 0 Å². The minimum absolute atomic E-state index is 0.183. The molecule has 0 aliphatic heterocycles. The fraction of sp³-hybridized carbons (Fsp3) is 0.944. The summed E-state index contributed by atoms with van der Waals surface area (Å²) < 4.78 is 5.26. The van der Waals surface area contributed by atoms with Crippen LogP contribution in [0.15, 0.2) is 0 Å². The van der Waals surface area contributed by atoms with Gasteiger partial charge in [-0.2, -0.15) is 0 Å². The van der Waals surface area contributed by atoms with Gasteiger partial charge in [-0.3, -0.25) is 0 Å². The van der Waals surface area contributed by atoms with Crippen molar-refractivity contribution in [2.75, 3.05) is 6.54 Å². The Morgan fingerprint density at radius 2 is 1.70 bits per heavy atom. The fourth-order valence-electron chi connectivity index (χ4n) is 3.28. The van der Waals surface area contributed by atoms with Gasteiger partial charge >= 0.3 is 6.09 Å². The maximum Gasteiger partial charge on any atom is 0.407 e. The highest BCUT2D eigenvalue weighted by Crippen LogP contribution is 2.40. The first-order valence-electron chi connectivity index (χ1n) is 8.92. The van der Waals surface area contributed by atoms with Crippen LogP contribution in [0.25, 0.3) is 0 Å². The Morgan fingerprint density at radius 3 is 2.22 bits per heavy atom. The maximum absolute atomic E-state index is 11.7. The first-order chi connectivity index (χ1) is 10.5. The van der Waals surface area contributed by atoms with E-state index >= 15 is 0 Å². The number of alkyl carbamates (subject to hydrolysis) is 1. The quantitative estimate of drug-likeness (QED) is 0.743. The van der Waals surface area contributed by atoms with E-state index in [1.54, 1.807) is 0 Å². The summed E-state index contributed by atoms with van der Waals surface area (Å²) in [5, 5.41) is 17.0. The highest BCUT2D eigenvalue weighted by molar-refractivity contribution is 5.68. The van der Waals surface area contributed by atoms with Crippen LogP contribution in [0, 0.1) is 5.41 Å². The highest BCUT2D eigenvalue weighted by atomic mass is 16.6. The number of rotatable bonds is 4. The van der Waals surface area contributed by atoms with Crippen molar-refractivity contribution >= 4 is 6.09 Å². The number of carbonyl (C=O) groups excluding carboxylic acids is 1. The molecule has 0 aromatic heterocycles. The third-order valence-corrected chi connectivity index (χ3v) is 5.11. The van der Waals surface area contributed by atoms with Gasteiger partial charge in [-0.1, -0.05) is 13.8 Å². The zero-order chi connectivity index (χ0) is 17.3. The lowest BCUT2D eigenvalue weighted by atomic mass is 9.71. The van der Waals surface area contributed by atoms with Gasteiger partial charge in [-0.25, -0.2) is 4.79 Å². The van der Waals surface area contributed by atoms with Crippen LogP contribution in [0.5, 0.6) is 0 Å². The molecule has 0 bridgehead atoms. The van der Waals surface area contributed by atoms with Crippen molar-refractivity contribution in [2.24, 2.45) is 5.41 Å². The van der Waals surface area contributed by atoms with Gasteiger partial charge in [-0.15, -0.1) is 0 Å². The standard InChI is InChI=1S/C18H34N2O3/c1-16(2,3)23-15(21)20-14-10-13(11-14)19-12-18(22)8-6-17(4,5)7-9-18/h13-14,19,22H,6-12H2,1-5H3,(H,20,21). The second-order valence-corrected chi connectivity index (χ2v) is 9.28. The number of carbonyl (C=O) groups is 1. The van der Waals surface area contributed by atoms with E-state index in [2.05, 4.69) is 24.5 Å². The normalized spacial score (nSPS) is 29.5. The number of hydrogen-bond acceptors (Lipinski definition) is 4. The monoisotopic (exact) mass is 326 g/mol. The minimum atomic E-state index is -0.556. The summed E-state index contributed by atoms with van der Waals surface area (Å²) in [6.07, 6.45) is 5.38. The van der Waals surface area contributed by atoms with E-state index in [0.717, 1.165) is 38.5 Å². The maximum atomic E-state index is 11.7. The Hall–Kier alpha value is -0.810. The molecule has 1 amide bonds. The predicted octanol–water partition coefficient (Wildman–Crippen LogP) is 2.96. The van der Waals surface area contributed by atoms with Crippen LogP contribution in [-0.4, -0.2) is 41.0 Å². The van der Waals surface area contributed by atoms with Crippen molar-refractivity contribution < 1.29 is 14.6 Å². The summed E-state index contributed by atoms with van der Waals surface area (Å²) in [4.78, 5) is 11.7. The van der Waals surface area contributed by atoms with Gasteiger partial charge in [0.25, 0.3) is 0 Å². The fourth-order valence-corrected chi connectivity index (χ4v) is 3.28. The van der Waals surface area contributed by atoms with Crippen molar-refractivity contribution in [1.82, 2.24) is 10.6 Å². The Labute approximate surface area is 140 Å². The molecule has 0 unspecified atom stereocenters. The SMILES string of the molecule is CC1(C)CCC(O)(CNC2CC(NC(=O)OC(C)(C)C)C2)CC1. The molecule has 0 saturated heterocycles. The van der Waals surface area contributed by atoms with Crippen molar-refractivity contribution in [2.45, 2.75) is 96.4 Å². The zero-order valence-electron chi connectivity index (χ0n) is 15.4. The molecule has 2 aliphatic rings. The first kappa shape index (κ1) is 18.5. The van der Waals surface area contributed by atoms with E-state index in [1.165, 1.54) is 0 Å². The van der Waals surface area contributed by atoms with Crippen molar-refractivity contribution in [3.63, 3.8) is 0 Å². The van der Waals surface area contributed by atoms with E-state index in [4.69, 9.17) is 4.74 Å². The highest BCUT2D eigenvalue weighted by Gasteiger charge is 2.38. The Kier molecular flexibility index (Phi) is 5.31. The summed E-state index contributed by atoms with van der Waals surface area (Å²) in [5.74, 6) is 0. The average molecular weight is 326 g/mol. The molecule has 0 heterocycles. The molecule has 0 aromatic rings. The summed E-state index contributed by atoms with van der Waals surface area (Å²) >= 11 is 0. The van der Waals surface area contributed by atoms with Gasteiger partial charge in [0.1, 0.15) is 5.60 Å². The zero-order valence-corrected chi connectivity index (χ0v) is 15.4. The number of aliphatic hydroxyl groups is 1. The summed E-state index contributed by atoms with van der Waals surface area (Å²) in [6.45, 7) is 10.8. The van der Waals surface area contributed by atoms with Crippen molar-refractivity contribution in [3.8, 4) is 0 Å². The van der Waals surface area contributed by atoms with Gasteiger partial charge in [0.05, 0.1) is 5.60 Å². The lowest BCUT2D eigenvalue weighted by molar-refractivity contribution is -0.0286. The topological polar surface area (TPSA) is 70.6 Å². The number of nitrogens with one attached hydrogen (secondary N) is 2. The van der Waals surface area contributed by atoms with E-state index < -0.39 is 11.2 Å². The molecule has 0 aromatic carbocycles. The van der Waals surface area contributed by atoms with Crippen LogP contribution in [-0.2, 0) is 4.74 Å². The van der Waals surface area contributed by atoms with Crippen molar-refractivity contribution in [3.05, 3.63) is 0 Å². The van der Waals surface area contributed by atoms with Gasteiger partial charge in [0, 0.05) is 18.6 Å². The van der Waals surface area contributed by atoms with Crippen LogP contribution < -0.4 is 10.6 Å². The molecular formula is C18H34N2O3. The molecule has 2 fully saturated rings. The second kappa shape index (κ2) is 6.60. The first-order valence-corrected chi connectivity index (χ1v) is 8.92. The van der Waals surface area contributed by atoms with E-state index in [0.29, 0.717) is 18.0 Å². The number of ether oxygens (including phenoxy) is 1. The lowest BCUT2D eigenvalue weighted by Crippen LogP contribution is -2.56. The van der Waals surface area contributed by atoms with Gasteiger partial charge in [0.15, 0.2) is 0 Å². The second-order valence-electron chi connectivity index (χ2n) is 9.28. The van der Waals surface area contributed by atoms with Gasteiger partial charge in [-0.05, 0) is 64.7 Å². The van der Waals surface area contributed by atoms with Crippen molar-refractivity contribution in [1.29, 1.82) is 0 Å². The molecule has 5 nitrogen and oxygen atoms in total. The average Bonchev–Trinajstić information content (AvgIpc) is 2.34. The molecular weight excluding hydrogens is 292 g/mol. The summed E-state index contributed by atoms with van der Waals surface area (Å²) in [7, 11) is 0. The Morgan fingerprint density at radius 1 is 1.13 bits per heavy atom. The molecule has 0 atom stereocenters. The predicted molar refractivity (Wildman–Crippen MR) is 91.4 cm³/mol. The molecule has 2 saturated carbocycles. The van der Waals surface area contributed by atoms with Crippen LogP contribution in [0.3, 0.4) is 0 Å². The van der Waals surface area contributed by atoms with E-state index in [9.17, 15) is 9.90 Å². The molecule has 134 valence electrons. The molecule has 2 rings (SSSR count). The van der Waals surface area contributed by atoms with Gasteiger partial charge in [0.2, 0.25) is 0 Å². The van der Waals surface area contributed by atoms with Crippen LogP contribution >= 0.6 is 0 Å². The molecule has 5 heteroatoms. The molecule has 3 N–H and O–H groups in total. The molecule has 0 radical (unpaired) electrons. The Bertz CT molecular complexity index is 412.